The van der Waals surface area contributed by atoms with Gasteiger partial charge in [0.05, 0.1) is 23.8 Å². The van der Waals surface area contributed by atoms with Crippen molar-refractivity contribution in [2.24, 2.45) is 0 Å². The summed E-state index contributed by atoms with van der Waals surface area (Å²) in [5.74, 6) is -1.01. The predicted octanol–water partition coefficient (Wildman–Crippen LogP) is 1.17. The lowest BCUT2D eigenvalue weighted by Gasteiger charge is -2.14. The number of aliphatic carboxylic acids is 1. The fourth-order valence-corrected chi connectivity index (χ4v) is 1.50. The number of anilines is 1. The molecule has 7 heteroatoms. The predicted molar refractivity (Wildman–Crippen MR) is 71.2 cm³/mol. The van der Waals surface area contributed by atoms with Crippen molar-refractivity contribution in [2.45, 2.75) is 12.5 Å². The first-order chi connectivity index (χ1) is 9.56. The maximum Gasteiger partial charge on any atom is 0.319 e. The quantitative estimate of drug-likeness (QED) is 0.722. The first kappa shape index (κ1) is 15.5. The van der Waals surface area contributed by atoms with Gasteiger partial charge in [-0.15, -0.1) is 0 Å². The minimum absolute atomic E-state index is 0.0589. The van der Waals surface area contributed by atoms with Crippen molar-refractivity contribution < 1.29 is 19.4 Å². The number of carboxylic acids is 1. The van der Waals surface area contributed by atoms with Crippen LogP contribution in [-0.4, -0.2) is 36.9 Å². The zero-order chi connectivity index (χ0) is 15.0. The Hall–Kier alpha value is -2.59. The van der Waals surface area contributed by atoms with Crippen molar-refractivity contribution in [1.29, 1.82) is 5.26 Å². The molecular weight excluding hydrogens is 262 g/mol. The van der Waals surface area contributed by atoms with Gasteiger partial charge in [0, 0.05) is 13.7 Å². The van der Waals surface area contributed by atoms with Gasteiger partial charge in [-0.25, -0.2) is 4.79 Å². The van der Waals surface area contributed by atoms with Crippen molar-refractivity contribution in [3.63, 3.8) is 0 Å². The number of urea groups is 1. The van der Waals surface area contributed by atoms with E-state index in [1.807, 2.05) is 6.07 Å². The highest BCUT2D eigenvalue weighted by Gasteiger charge is 2.14. The third kappa shape index (κ3) is 4.96. The van der Waals surface area contributed by atoms with Crippen molar-refractivity contribution in [3.8, 4) is 6.07 Å². The second-order valence-corrected chi connectivity index (χ2v) is 3.95. The number of carbonyl (C=O) groups excluding carboxylic acids is 1. The summed E-state index contributed by atoms with van der Waals surface area (Å²) >= 11 is 0. The highest BCUT2D eigenvalue weighted by Crippen LogP contribution is 2.12. The largest absolute Gasteiger partial charge is 0.481 e. The van der Waals surface area contributed by atoms with Gasteiger partial charge < -0.3 is 20.5 Å². The third-order valence-electron chi connectivity index (χ3n) is 2.52. The van der Waals surface area contributed by atoms with Gasteiger partial charge >= 0.3 is 12.0 Å². The highest BCUT2D eigenvalue weighted by atomic mass is 16.5. The van der Waals surface area contributed by atoms with Gasteiger partial charge in [-0.05, 0) is 12.1 Å². The van der Waals surface area contributed by atoms with Crippen LogP contribution in [0.15, 0.2) is 24.3 Å². The molecule has 7 nitrogen and oxygen atoms in total. The van der Waals surface area contributed by atoms with Crippen LogP contribution in [0.1, 0.15) is 12.0 Å². The van der Waals surface area contributed by atoms with Gasteiger partial charge in [0.25, 0.3) is 0 Å². The Bertz CT molecular complexity index is 525. The van der Waals surface area contributed by atoms with Crippen LogP contribution in [0, 0.1) is 11.3 Å². The molecule has 0 aliphatic heterocycles. The molecule has 0 aliphatic rings. The number of nitriles is 1. The summed E-state index contributed by atoms with van der Waals surface area (Å²) in [6.45, 7) is 0.0589. The Balaban J connectivity index is 2.51. The van der Waals surface area contributed by atoms with Gasteiger partial charge in [-0.3, -0.25) is 4.79 Å². The maximum absolute atomic E-state index is 11.7. The standard InChI is InChI=1S/C13H15N3O4/c1-20-10(6-12(17)18)8-15-13(19)16-11-5-3-2-4-9(11)7-14/h2-5,10H,6,8H2,1H3,(H,17,18)(H2,15,16,19). The van der Waals surface area contributed by atoms with Crippen molar-refractivity contribution in [3.05, 3.63) is 29.8 Å². The Morgan fingerprint density at radius 2 is 2.15 bits per heavy atom. The molecule has 0 radical (unpaired) electrons. The van der Waals surface area contributed by atoms with Crippen LogP contribution in [0.25, 0.3) is 0 Å². The van der Waals surface area contributed by atoms with E-state index in [1.54, 1.807) is 24.3 Å². The summed E-state index contributed by atoms with van der Waals surface area (Å²) in [7, 11) is 1.37. The van der Waals surface area contributed by atoms with E-state index in [-0.39, 0.29) is 13.0 Å². The number of ether oxygens (including phenoxy) is 1. The fourth-order valence-electron chi connectivity index (χ4n) is 1.50. The number of methoxy groups -OCH3 is 1. The van der Waals surface area contributed by atoms with E-state index >= 15 is 0 Å². The number of rotatable bonds is 6. The number of nitrogens with one attached hydrogen (secondary N) is 2. The summed E-state index contributed by atoms with van der Waals surface area (Å²) in [6, 6.07) is 8.00. The zero-order valence-electron chi connectivity index (χ0n) is 10.9. The molecule has 20 heavy (non-hydrogen) atoms. The molecule has 0 bridgehead atoms. The summed E-state index contributed by atoms with van der Waals surface area (Å²) < 4.78 is 4.93. The SMILES string of the molecule is COC(CNC(=O)Nc1ccccc1C#N)CC(=O)O. The third-order valence-corrected chi connectivity index (χ3v) is 2.52. The van der Waals surface area contributed by atoms with Crippen molar-refractivity contribution in [1.82, 2.24) is 5.32 Å². The fraction of sp³-hybridized carbons (Fsp3) is 0.308. The van der Waals surface area contributed by atoms with Gasteiger partial charge in [-0.2, -0.15) is 5.26 Å². The molecule has 0 aromatic heterocycles. The minimum Gasteiger partial charge on any atom is -0.481 e. The first-order valence-electron chi connectivity index (χ1n) is 5.85. The van der Waals surface area contributed by atoms with E-state index in [2.05, 4.69) is 10.6 Å². The number of carbonyl (C=O) groups is 2. The lowest BCUT2D eigenvalue weighted by Crippen LogP contribution is -2.37. The molecule has 1 unspecified atom stereocenters. The Kier molecular flexibility index (Phi) is 6.00. The molecule has 1 rings (SSSR count). The second-order valence-electron chi connectivity index (χ2n) is 3.95. The van der Waals surface area contributed by atoms with E-state index in [4.69, 9.17) is 15.1 Å². The van der Waals surface area contributed by atoms with E-state index < -0.39 is 18.1 Å². The molecule has 1 aromatic rings. The Morgan fingerprint density at radius 1 is 1.45 bits per heavy atom. The lowest BCUT2D eigenvalue weighted by atomic mass is 10.2. The molecule has 0 saturated carbocycles. The zero-order valence-corrected chi connectivity index (χ0v) is 10.9. The van der Waals surface area contributed by atoms with Crippen LogP contribution in [0.2, 0.25) is 0 Å². The molecule has 0 aliphatic carbocycles. The van der Waals surface area contributed by atoms with Crippen LogP contribution in [-0.2, 0) is 9.53 Å². The number of amides is 2. The molecule has 1 atom stereocenters. The van der Waals surface area contributed by atoms with Crippen molar-refractivity contribution in [2.75, 3.05) is 19.0 Å². The van der Waals surface area contributed by atoms with Crippen LogP contribution in [0.4, 0.5) is 10.5 Å². The average Bonchev–Trinajstić information content (AvgIpc) is 2.43. The van der Waals surface area contributed by atoms with Gasteiger partial charge in [0.15, 0.2) is 0 Å². The van der Waals surface area contributed by atoms with Gasteiger partial charge in [0.2, 0.25) is 0 Å². The van der Waals surface area contributed by atoms with Crippen LogP contribution >= 0.6 is 0 Å². The van der Waals surface area contributed by atoms with Gasteiger partial charge in [0.1, 0.15) is 6.07 Å². The topological polar surface area (TPSA) is 111 Å². The number of hydrogen-bond acceptors (Lipinski definition) is 4. The number of para-hydroxylation sites is 1. The summed E-state index contributed by atoms with van der Waals surface area (Å²) in [5.41, 5.74) is 0.733. The minimum atomic E-state index is -1.01. The molecule has 0 saturated heterocycles. The highest BCUT2D eigenvalue weighted by molar-refractivity contribution is 5.90. The number of nitrogens with zero attached hydrogens (tertiary/aromatic N) is 1. The number of benzene rings is 1. The molecule has 1 aromatic carbocycles. The molecule has 0 heterocycles. The summed E-state index contributed by atoms with van der Waals surface area (Å²) in [4.78, 5) is 22.2. The smallest absolute Gasteiger partial charge is 0.319 e. The molecular formula is C13H15N3O4. The van der Waals surface area contributed by atoms with Crippen molar-refractivity contribution >= 4 is 17.7 Å². The Labute approximate surface area is 116 Å². The molecule has 2 amide bonds. The Morgan fingerprint density at radius 3 is 2.75 bits per heavy atom. The molecule has 3 N–H and O–H groups in total. The second kappa shape index (κ2) is 7.76. The molecule has 0 spiro atoms. The summed E-state index contributed by atoms with van der Waals surface area (Å²) in [5, 5.41) is 22.5. The maximum atomic E-state index is 11.7. The monoisotopic (exact) mass is 277 g/mol. The number of hydrogen-bond donors (Lipinski definition) is 3. The normalized spacial score (nSPS) is 11.2. The van der Waals surface area contributed by atoms with Crippen LogP contribution in [0.3, 0.4) is 0 Å². The summed E-state index contributed by atoms with van der Waals surface area (Å²) in [6.07, 6.45) is -0.810. The van der Waals surface area contributed by atoms with E-state index in [0.717, 1.165) is 0 Å². The first-order valence-corrected chi connectivity index (χ1v) is 5.85. The molecule has 0 fully saturated rings. The van der Waals surface area contributed by atoms with E-state index in [1.165, 1.54) is 7.11 Å². The van der Waals surface area contributed by atoms with E-state index in [0.29, 0.717) is 11.3 Å². The number of carboxylic acid groups (broad SMARTS) is 1. The molecule has 106 valence electrons. The lowest BCUT2D eigenvalue weighted by molar-refractivity contribution is -0.139. The van der Waals surface area contributed by atoms with Gasteiger partial charge in [-0.1, -0.05) is 12.1 Å². The van der Waals surface area contributed by atoms with E-state index in [9.17, 15) is 9.59 Å². The van der Waals surface area contributed by atoms with Crippen LogP contribution in [0.5, 0.6) is 0 Å². The average molecular weight is 277 g/mol. The van der Waals surface area contributed by atoms with Crippen LogP contribution < -0.4 is 10.6 Å².